The summed E-state index contributed by atoms with van der Waals surface area (Å²) in [4.78, 5) is 0. The minimum absolute atomic E-state index is 0.0172. The lowest BCUT2D eigenvalue weighted by atomic mass is 10.1. The maximum absolute atomic E-state index is 9.83. The first-order valence-corrected chi connectivity index (χ1v) is 6.19. The zero-order valence-corrected chi connectivity index (χ0v) is 10.7. The predicted octanol–water partition coefficient (Wildman–Crippen LogP) is 1.81. The van der Waals surface area contributed by atoms with Gasteiger partial charge in [0.15, 0.2) is 0 Å². The van der Waals surface area contributed by atoms with Crippen LogP contribution in [0.25, 0.3) is 5.69 Å². The molecule has 2 atom stereocenters. The van der Waals surface area contributed by atoms with Gasteiger partial charge in [-0.3, -0.25) is 0 Å². The SMILES string of the molecule is Cc1ccccc1-n1cc(C(O)C(O)CCl)cn1. The van der Waals surface area contributed by atoms with E-state index in [0.717, 1.165) is 11.3 Å². The Morgan fingerprint density at radius 3 is 2.72 bits per heavy atom. The molecule has 1 heterocycles. The molecule has 2 N–H and O–H groups in total. The van der Waals surface area contributed by atoms with Gasteiger partial charge in [-0.25, -0.2) is 4.68 Å². The van der Waals surface area contributed by atoms with Crippen molar-refractivity contribution in [3.05, 3.63) is 47.8 Å². The van der Waals surface area contributed by atoms with E-state index in [0.29, 0.717) is 5.56 Å². The van der Waals surface area contributed by atoms with E-state index in [1.807, 2.05) is 31.2 Å². The molecule has 4 nitrogen and oxygen atoms in total. The zero-order chi connectivity index (χ0) is 13.1. The second kappa shape index (κ2) is 5.52. The fraction of sp³-hybridized carbons (Fsp3) is 0.308. The van der Waals surface area contributed by atoms with Crippen LogP contribution in [0.4, 0.5) is 0 Å². The minimum Gasteiger partial charge on any atom is -0.389 e. The van der Waals surface area contributed by atoms with Crippen molar-refractivity contribution in [1.82, 2.24) is 9.78 Å². The van der Waals surface area contributed by atoms with E-state index in [1.54, 1.807) is 10.9 Å². The second-order valence-electron chi connectivity index (χ2n) is 4.17. The van der Waals surface area contributed by atoms with Gasteiger partial charge < -0.3 is 10.2 Å². The van der Waals surface area contributed by atoms with Crippen LogP contribution in [0, 0.1) is 6.92 Å². The van der Waals surface area contributed by atoms with Crippen molar-refractivity contribution in [2.75, 3.05) is 5.88 Å². The number of hydrogen-bond donors (Lipinski definition) is 2. The van der Waals surface area contributed by atoms with Crippen molar-refractivity contribution in [1.29, 1.82) is 0 Å². The van der Waals surface area contributed by atoms with Gasteiger partial charge in [0, 0.05) is 11.8 Å². The number of aliphatic hydroxyl groups is 2. The molecule has 0 saturated heterocycles. The average Bonchev–Trinajstić information content (AvgIpc) is 2.87. The smallest absolute Gasteiger partial charge is 0.109 e. The molecule has 2 aromatic rings. The van der Waals surface area contributed by atoms with E-state index in [4.69, 9.17) is 11.6 Å². The highest BCUT2D eigenvalue weighted by Crippen LogP contribution is 2.20. The largest absolute Gasteiger partial charge is 0.389 e. The lowest BCUT2D eigenvalue weighted by Gasteiger charge is -2.13. The molecule has 1 aromatic heterocycles. The van der Waals surface area contributed by atoms with Gasteiger partial charge in [0.25, 0.3) is 0 Å². The van der Waals surface area contributed by atoms with Gasteiger partial charge in [0.2, 0.25) is 0 Å². The molecule has 2 rings (SSSR count). The zero-order valence-electron chi connectivity index (χ0n) is 9.99. The Kier molecular flexibility index (Phi) is 4.01. The Morgan fingerprint density at radius 2 is 2.06 bits per heavy atom. The summed E-state index contributed by atoms with van der Waals surface area (Å²) in [5.41, 5.74) is 2.57. The highest BCUT2D eigenvalue weighted by Gasteiger charge is 2.19. The van der Waals surface area contributed by atoms with Crippen LogP contribution in [0.15, 0.2) is 36.7 Å². The standard InChI is InChI=1S/C13H15ClN2O2/c1-9-4-2-3-5-11(9)16-8-10(7-15-16)13(18)12(17)6-14/h2-5,7-8,12-13,17-18H,6H2,1H3. The first kappa shape index (κ1) is 13.1. The normalized spacial score (nSPS) is 14.4. The molecule has 18 heavy (non-hydrogen) atoms. The Hall–Kier alpha value is -1.36. The quantitative estimate of drug-likeness (QED) is 0.830. The van der Waals surface area contributed by atoms with Crippen molar-refractivity contribution >= 4 is 11.6 Å². The number of rotatable bonds is 4. The van der Waals surface area contributed by atoms with Crippen LogP contribution < -0.4 is 0 Å². The first-order valence-electron chi connectivity index (χ1n) is 5.66. The van der Waals surface area contributed by atoms with Crippen LogP contribution in [-0.4, -0.2) is 32.0 Å². The number of hydrogen-bond acceptors (Lipinski definition) is 3. The summed E-state index contributed by atoms with van der Waals surface area (Å²) in [5, 5.41) is 23.5. The van der Waals surface area contributed by atoms with Crippen LogP contribution in [0.2, 0.25) is 0 Å². The molecule has 96 valence electrons. The van der Waals surface area contributed by atoms with Crippen LogP contribution in [0.1, 0.15) is 17.2 Å². The monoisotopic (exact) mass is 266 g/mol. The Balaban J connectivity index is 2.29. The molecule has 5 heteroatoms. The number of benzene rings is 1. The van der Waals surface area contributed by atoms with Crippen LogP contribution in [0.5, 0.6) is 0 Å². The van der Waals surface area contributed by atoms with E-state index in [2.05, 4.69) is 5.10 Å². The summed E-state index contributed by atoms with van der Waals surface area (Å²) in [6, 6.07) is 7.81. The van der Waals surface area contributed by atoms with Crippen molar-refractivity contribution in [2.45, 2.75) is 19.1 Å². The number of aliphatic hydroxyl groups excluding tert-OH is 2. The maximum Gasteiger partial charge on any atom is 0.109 e. The van der Waals surface area contributed by atoms with Crippen LogP contribution in [0.3, 0.4) is 0 Å². The van der Waals surface area contributed by atoms with Gasteiger partial charge >= 0.3 is 0 Å². The fourth-order valence-corrected chi connectivity index (χ4v) is 1.92. The summed E-state index contributed by atoms with van der Waals surface area (Å²) in [6.07, 6.45) is 1.23. The van der Waals surface area contributed by atoms with E-state index in [9.17, 15) is 10.2 Å². The van der Waals surface area contributed by atoms with Crippen LogP contribution in [-0.2, 0) is 0 Å². The molecule has 0 bridgehead atoms. The van der Waals surface area contributed by atoms with Gasteiger partial charge in [-0.2, -0.15) is 5.10 Å². The van der Waals surface area contributed by atoms with E-state index in [-0.39, 0.29) is 5.88 Å². The molecule has 1 aromatic carbocycles. The second-order valence-corrected chi connectivity index (χ2v) is 4.48. The highest BCUT2D eigenvalue weighted by molar-refractivity contribution is 6.18. The van der Waals surface area contributed by atoms with Crippen LogP contribution >= 0.6 is 11.6 Å². The van der Waals surface area contributed by atoms with Crippen molar-refractivity contribution in [2.24, 2.45) is 0 Å². The topological polar surface area (TPSA) is 58.3 Å². The van der Waals surface area contributed by atoms with Crippen molar-refractivity contribution < 1.29 is 10.2 Å². The molecule has 0 aliphatic rings. The molecule has 0 fully saturated rings. The minimum atomic E-state index is -1.01. The van der Waals surface area contributed by atoms with Gasteiger partial charge in [0.05, 0.1) is 23.9 Å². The average molecular weight is 267 g/mol. The number of nitrogens with zero attached hydrogens (tertiary/aromatic N) is 2. The third-order valence-corrected chi connectivity index (χ3v) is 3.15. The Morgan fingerprint density at radius 1 is 1.33 bits per heavy atom. The molecule has 2 unspecified atom stereocenters. The molecule has 0 aliphatic carbocycles. The molecule has 0 amide bonds. The molecular formula is C13H15ClN2O2. The third-order valence-electron chi connectivity index (χ3n) is 2.83. The van der Waals surface area contributed by atoms with Gasteiger partial charge in [-0.15, -0.1) is 11.6 Å². The number of aryl methyl sites for hydroxylation is 1. The predicted molar refractivity (Wildman–Crippen MR) is 70.0 cm³/mol. The van der Waals surface area contributed by atoms with Gasteiger partial charge in [0.1, 0.15) is 6.10 Å². The molecule has 0 aliphatic heterocycles. The molecule has 0 radical (unpaired) electrons. The summed E-state index contributed by atoms with van der Waals surface area (Å²) >= 11 is 5.51. The fourth-order valence-electron chi connectivity index (χ4n) is 1.75. The summed E-state index contributed by atoms with van der Waals surface area (Å²) in [7, 11) is 0. The lowest BCUT2D eigenvalue weighted by Crippen LogP contribution is -2.19. The Bertz CT molecular complexity index is 527. The highest BCUT2D eigenvalue weighted by atomic mass is 35.5. The molecule has 0 spiro atoms. The number of halogens is 1. The van der Waals surface area contributed by atoms with E-state index >= 15 is 0 Å². The van der Waals surface area contributed by atoms with E-state index in [1.165, 1.54) is 6.20 Å². The first-order chi connectivity index (χ1) is 8.63. The molecule has 0 saturated carbocycles. The number of para-hydroxylation sites is 1. The lowest BCUT2D eigenvalue weighted by molar-refractivity contribution is 0.0327. The van der Waals surface area contributed by atoms with Crippen molar-refractivity contribution in [3.63, 3.8) is 0 Å². The maximum atomic E-state index is 9.83. The molecular weight excluding hydrogens is 252 g/mol. The number of aromatic nitrogens is 2. The van der Waals surface area contributed by atoms with Gasteiger partial charge in [-0.1, -0.05) is 18.2 Å². The van der Waals surface area contributed by atoms with E-state index < -0.39 is 12.2 Å². The van der Waals surface area contributed by atoms with Crippen molar-refractivity contribution in [3.8, 4) is 5.69 Å². The summed E-state index contributed by atoms with van der Waals surface area (Å²) < 4.78 is 1.68. The third kappa shape index (κ3) is 2.56. The van der Waals surface area contributed by atoms with Gasteiger partial charge in [-0.05, 0) is 18.6 Å². The summed E-state index contributed by atoms with van der Waals surface area (Å²) in [5.74, 6) is -0.0172. The Labute approximate surface area is 110 Å². The summed E-state index contributed by atoms with van der Waals surface area (Å²) in [6.45, 7) is 1.99. The number of alkyl halides is 1.